The Hall–Kier alpha value is -1.62. The number of hydrogen-bond donors (Lipinski definition) is 1. The molecule has 1 atom stereocenters. The first-order valence-electron chi connectivity index (χ1n) is 5.11. The Morgan fingerprint density at radius 1 is 1.12 bits per heavy atom. The van der Waals surface area contributed by atoms with Gasteiger partial charge in [-0.15, -0.1) is 0 Å². The monoisotopic (exact) mass is 241 g/mol. The number of ether oxygens (including phenoxy) is 2. The standard InChI is InChI=1S/C12H19NO4/c1-6-9(14)16-11(3,4)8-12(5,13)17-10(15)7-2/h6-7H,1-2,8,13H2,3-5H3. The lowest BCUT2D eigenvalue weighted by Gasteiger charge is -2.33. The molecule has 0 aliphatic heterocycles. The highest BCUT2D eigenvalue weighted by Gasteiger charge is 2.34. The lowest BCUT2D eigenvalue weighted by atomic mass is 9.97. The van der Waals surface area contributed by atoms with Crippen LogP contribution in [-0.4, -0.2) is 23.3 Å². The van der Waals surface area contributed by atoms with Crippen LogP contribution in [0.4, 0.5) is 0 Å². The van der Waals surface area contributed by atoms with Crippen LogP contribution < -0.4 is 5.73 Å². The molecule has 0 saturated carbocycles. The van der Waals surface area contributed by atoms with Gasteiger partial charge in [0.25, 0.3) is 0 Å². The molecular formula is C12H19NO4. The van der Waals surface area contributed by atoms with Gasteiger partial charge in [-0.3, -0.25) is 5.73 Å². The predicted octanol–water partition coefficient (Wildman–Crippen LogP) is 1.29. The first kappa shape index (κ1) is 15.4. The van der Waals surface area contributed by atoms with E-state index >= 15 is 0 Å². The highest BCUT2D eigenvalue weighted by Crippen LogP contribution is 2.23. The topological polar surface area (TPSA) is 78.6 Å². The van der Waals surface area contributed by atoms with Crippen LogP contribution in [0.25, 0.3) is 0 Å². The minimum atomic E-state index is -1.24. The van der Waals surface area contributed by atoms with E-state index in [2.05, 4.69) is 13.2 Å². The largest absolute Gasteiger partial charge is 0.456 e. The van der Waals surface area contributed by atoms with Crippen LogP contribution in [0.1, 0.15) is 27.2 Å². The van der Waals surface area contributed by atoms with E-state index in [1.165, 1.54) is 6.92 Å². The van der Waals surface area contributed by atoms with Gasteiger partial charge in [-0.05, 0) is 20.8 Å². The van der Waals surface area contributed by atoms with Crippen molar-refractivity contribution in [2.24, 2.45) is 5.73 Å². The van der Waals surface area contributed by atoms with E-state index in [0.717, 1.165) is 12.2 Å². The van der Waals surface area contributed by atoms with Gasteiger partial charge in [0.05, 0.1) is 0 Å². The summed E-state index contributed by atoms with van der Waals surface area (Å²) in [5.74, 6) is -1.18. The lowest BCUT2D eigenvalue weighted by molar-refractivity contribution is -0.165. The van der Waals surface area contributed by atoms with Gasteiger partial charge < -0.3 is 9.47 Å². The first-order valence-corrected chi connectivity index (χ1v) is 5.11. The third-order valence-corrected chi connectivity index (χ3v) is 1.82. The predicted molar refractivity (Wildman–Crippen MR) is 63.9 cm³/mol. The van der Waals surface area contributed by atoms with Crippen molar-refractivity contribution in [2.45, 2.75) is 38.5 Å². The van der Waals surface area contributed by atoms with Gasteiger partial charge in [-0.25, -0.2) is 9.59 Å². The third-order valence-electron chi connectivity index (χ3n) is 1.82. The smallest absolute Gasteiger partial charge is 0.331 e. The summed E-state index contributed by atoms with van der Waals surface area (Å²) in [7, 11) is 0. The Labute approximate surface area is 101 Å². The van der Waals surface area contributed by atoms with Crippen LogP contribution in [0, 0.1) is 0 Å². The number of carbonyl (C=O) groups is 2. The first-order chi connectivity index (χ1) is 7.62. The summed E-state index contributed by atoms with van der Waals surface area (Å²) < 4.78 is 10.0. The van der Waals surface area contributed by atoms with Gasteiger partial charge in [-0.1, -0.05) is 13.2 Å². The Bertz CT molecular complexity index is 299. The van der Waals surface area contributed by atoms with Crippen molar-refractivity contribution in [3.05, 3.63) is 25.3 Å². The average molecular weight is 241 g/mol. The van der Waals surface area contributed by atoms with Crippen molar-refractivity contribution in [3.8, 4) is 0 Å². The SMILES string of the molecule is C=CC(=O)OC(C)(C)CC(C)(N)OC(=O)C=C. The Balaban J connectivity index is 4.56. The van der Waals surface area contributed by atoms with Crippen molar-refractivity contribution in [1.82, 2.24) is 0 Å². The van der Waals surface area contributed by atoms with E-state index in [1.807, 2.05) is 0 Å². The van der Waals surface area contributed by atoms with Crippen LogP contribution in [0.3, 0.4) is 0 Å². The van der Waals surface area contributed by atoms with E-state index in [4.69, 9.17) is 15.2 Å². The van der Waals surface area contributed by atoms with Crippen molar-refractivity contribution >= 4 is 11.9 Å². The van der Waals surface area contributed by atoms with Gasteiger partial charge >= 0.3 is 11.9 Å². The number of carbonyl (C=O) groups excluding carboxylic acids is 2. The Morgan fingerprint density at radius 2 is 1.53 bits per heavy atom. The molecule has 0 saturated heterocycles. The zero-order chi connectivity index (χ0) is 13.7. The second-order valence-electron chi connectivity index (χ2n) is 4.50. The van der Waals surface area contributed by atoms with E-state index in [1.54, 1.807) is 13.8 Å². The van der Waals surface area contributed by atoms with Gasteiger partial charge in [-0.2, -0.15) is 0 Å². The Kier molecular flexibility index (Phi) is 5.10. The molecule has 0 aromatic carbocycles. The molecule has 2 N–H and O–H groups in total. The molecule has 0 aliphatic carbocycles. The summed E-state index contributed by atoms with van der Waals surface area (Å²) in [6.07, 6.45) is 2.23. The molecule has 1 unspecified atom stereocenters. The van der Waals surface area contributed by atoms with Crippen LogP contribution in [0.15, 0.2) is 25.3 Å². The van der Waals surface area contributed by atoms with Crippen molar-refractivity contribution in [2.75, 3.05) is 0 Å². The van der Waals surface area contributed by atoms with Crippen LogP contribution in [-0.2, 0) is 19.1 Å². The molecule has 0 spiro atoms. The number of rotatable bonds is 6. The molecule has 0 amide bonds. The molecule has 0 aromatic heterocycles. The summed E-state index contributed by atoms with van der Waals surface area (Å²) in [5.41, 5.74) is 3.68. The van der Waals surface area contributed by atoms with Gasteiger partial charge in [0.1, 0.15) is 5.60 Å². The van der Waals surface area contributed by atoms with E-state index < -0.39 is 23.3 Å². The maximum atomic E-state index is 11.1. The lowest BCUT2D eigenvalue weighted by Crippen LogP contribution is -2.48. The maximum absolute atomic E-state index is 11.1. The molecule has 0 radical (unpaired) electrons. The van der Waals surface area contributed by atoms with Crippen molar-refractivity contribution < 1.29 is 19.1 Å². The normalized spacial score (nSPS) is 14.4. The molecule has 0 aromatic rings. The fourth-order valence-corrected chi connectivity index (χ4v) is 1.50. The number of hydrogen-bond acceptors (Lipinski definition) is 5. The summed E-state index contributed by atoms with van der Waals surface area (Å²) in [5, 5.41) is 0. The molecule has 17 heavy (non-hydrogen) atoms. The van der Waals surface area contributed by atoms with Crippen LogP contribution >= 0.6 is 0 Å². The number of nitrogens with two attached hydrogens (primary N) is 1. The van der Waals surface area contributed by atoms with Crippen LogP contribution in [0.2, 0.25) is 0 Å². The second kappa shape index (κ2) is 5.63. The molecular weight excluding hydrogens is 222 g/mol. The average Bonchev–Trinajstić information content (AvgIpc) is 2.13. The number of esters is 2. The van der Waals surface area contributed by atoms with E-state index in [9.17, 15) is 9.59 Å². The summed E-state index contributed by atoms with van der Waals surface area (Å²) in [4.78, 5) is 22.1. The fraction of sp³-hybridized carbons (Fsp3) is 0.500. The molecule has 5 heteroatoms. The van der Waals surface area contributed by atoms with Crippen molar-refractivity contribution in [3.63, 3.8) is 0 Å². The van der Waals surface area contributed by atoms with E-state index in [-0.39, 0.29) is 6.42 Å². The Morgan fingerprint density at radius 3 is 1.94 bits per heavy atom. The zero-order valence-corrected chi connectivity index (χ0v) is 10.5. The minimum Gasteiger partial charge on any atom is -0.456 e. The van der Waals surface area contributed by atoms with Gasteiger partial charge in [0.2, 0.25) is 0 Å². The highest BCUT2D eigenvalue weighted by atomic mass is 16.6. The maximum Gasteiger partial charge on any atom is 0.331 e. The molecule has 0 heterocycles. The highest BCUT2D eigenvalue weighted by molar-refractivity contribution is 5.82. The second-order valence-corrected chi connectivity index (χ2v) is 4.50. The molecule has 96 valence electrons. The fourth-order valence-electron chi connectivity index (χ4n) is 1.50. The zero-order valence-electron chi connectivity index (χ0n) is 10.5. The molecule has 0 bridgehead atoms. The van der Waals surface area contributed by atoms with Crippen LogP contribution in [0.5, 0.6) is 0 Å². The summed E-state index contributed by atoms with van der Waals surface area (Å²) in [6.45, 7) is 11.4. The van der Waals surface area contributed by atoms with Gasteiger partial charge in [0.15, 0.2) is 5.72 Å². The molecule has 5 nitrogen and oxygen atoms in total. The third kappa shape index (κ3) is 6.52. The molecule has 0 aliphatic rings. The molecule has 0 rings (SSSR count). The quantitative estimate of drug-likeness (QED) is 0.430. The summed E-state index contributed by atoms with van der Waals surface area (Å²) >= 11 is 0. The summed E-state index contributed by atoms with van der Waals surface area (Å²) in [6, 6.07) is 0. The van der Waals surface area contributed by atoms with Gasteiger partial charge in [0, 0.05) is 18.6 Å². The van der Waals surface area contributed by atoms with E-state index in [0.29, 0.717) is 0 Å². The minimum absolute atomic E-state index is 0.152. The molecule has 0 fully saturated rings. The van der Waals surface area contributed by atoms with Crippen molar-refractivity contribution in [1.29, 1.82) is 0 Å².